The summed E-state index contributed by atoms with van der Waals surface area (Å²) < 4.78 is 2.49. The molecule has 2 rings (SSSR count). The normalized spacial score (nSPS) is 10.5. The van der Waals surface area contributed by atoms with E-state index in [1.54, 1.807) is 0 Å². The van der Waals surface area contributed by atoms with E-state index in [0.717, 1.165) is 10.0 Å². The van der Waals surface area contributed by atoms with Gasteiger partial charge in [0.25, 0.3) is 0 Å². The first-order chi connectivity index (χ1) is 8.49. The van der Waals surface area contributed by atoms with Gasteiger partial charge in [0, 0.05) is 0 Å². The van der Waals surface area contributed by atoms with Gasteiger partial charge < -0.3 is 0 Å². The number of benzene rings is 2. The molecule has 0 heterocycles. The van der Waals surface area contributed by atoms with Crippen molar-refractivity contribution in [2.75, 3.05) is 0 Å². The zero-order valence-electron chi connectivity index (χ0n) is 10.2. The van der Waals surface area contributed by atoms with E-state index in [0.29, 0.717) is 0 Å². The van der Waals surface area contributed by atoms with E-state index in [2.05, 4.69) is 13.8 Å². The Morgan fingerprint density at radius 2 is 1.17 bits per heavy atom. The van der Waals surface area contributed by atoms with Gasteiger partial charge in [0.05, 0.1) is 0 Å². The molecule has 18 heavy (non-hydrogen) atoms. The summed E-state index contributed by atoms with van der Waals surface area (Å²) in [6.45, 7) is 4.17. The van der Waals surface area contributed by atoms with Crippen LogP contribution in [0.5, 0.6) is 0 Å². The molecule has 0 radical (unpaired) electrons. The van der Waals surface area contributed by atoms with E-state index in [1.165, 1.54) is 17.4 Å². The fraction of sp³-hybridized carbons (Fsp3) is 0.143. The molecule has 0 amide bonds. The van der Waals surface area contributed by atoms with Crippen molar-refractivity contribution in [2.24, 2.45) is 0 Å². The van der Waals surface area contributed by atoms with Crippen LogP contribution in [0.2, 0.25) is 10.0 Å². The zero-order valence-corrected chi connectivity index (χ0v) is 16.9. The van der Waals surface area contributed by atoms with Gasteiger partial charge >= 0.3 is 131 Å². The third-order valence-electron chi connectivity index (χ3n) is 3.03. The molecule has 0 spiro atoms. The van der Waals surface area contributed by atoms with Crippen molar-refractivity contribution < 1.29 is 0 Å². The molecule has 0 bridgehead atoms. The Hall–Kier alpha value is 0.232. The molecule has 0 saturated carbocycles. The summed E-state index contributed by atoms with van der Waals surface area (Å²) in [4.78, 5) is 0. The summed E-state index contributed by atoms with van der Waals surface area (Å²) in [5.41, 5.74) is 2.45. The van der Waals surface area contributed by atoms with E-state index in [9.17, 15) is 0 Å². The van der Waals surface area contributed by atoms with Crippen LogP contribution in [-0.2, 0) is 0 Å². The van der Waals surface area contributed by atoms with Crippen LogP contribution in [0, 0.1) is 13.8 Å². The minimum absolute atomic E-state index is 0.751. The van der Waals surface area contributed by atoms with Crippen molar-refractivity contribution >= 4 is 59.2 Å². The van der Waals surface area contributed by atoms with Crippen LogP contribution in [0.1, 0.15) is 11.1 Å². The second kappa shape index (κ2) is 6.12. The number of hydrogen-bond donors (Lipinski definition) is 0. The Kier molecular flexibility index (Phi) is 4.98. The Bertz CT molecular complexity index is 530. The molecule has 4 heteroatoms. The predicted octanol–water partition coefficient (Wildman–Crippen LogP) is 3.95. The third-order valence-corrected chi connectivity index (χ3v) is 16.7. The van der Waals surface area contributed by atoms with Gasteiger partial charge in [-0.25, -0.2) is 0 Å². The molecule has 0 N–H and O–H groups in total. The van der Waals surface area contributed by atoms with Crippen LogP contribution in [0.3, 0.4) is 0 Å². The molecule has 0 aliphatic heterocycles. The average Bonchev–Trinajstić information content (AvgIpc) is 2.34. The molecule has 0 aliphatic carbocycles. The van der Waals surface area contributed by atoms with E-state index in [1.807, 2.05) is 36.4 Å². The standard InChI is InChI=1S/2C7H6Cl.ClH.Tl/c2*1-6-2-4-7(8)5-3-6;;/h2*2,4-5H,1H3;1H;/q;;;+1/p-1. The Morgan fingerprint density at radius 3 is 1.56 bits per heavy atom. The number of halogens is 3. The molecule has 0 aliphatic rings. The first-order valence-corrected chi connectivity index (χ1v) is 16.4. The third kappa shape index (κ3) is 3.21. The van der Waals surface area contributed by atoms with Gasteiger partial charge in [-0.1, -0.05) is 0 Å². The molecule has 0 aromatic heterocycles. The summed E-state index contributed by atoms with van der Waals surface area (Å²) in [6, 6.07) is 11.9. The van der Waals surface area contributed by atoms with Gasteiger partial charge in [-0.05, 0) is 0 Å². The molecule has 0 atom stereocenters. The number of hydrogen-bond acceptors (Lipinski definition) is 0. The molecule has 2 aromatic carbocycles. The van der Waals surface area contributed by atoms with E-state index in [-0.39, 0.29) is 0 Å². The molecule has 0 nitrogen and oxygen atoms in total. The van der Waals surface area contributed by atoms with Crippen LogP contribution in [0.15, 0.2) is 36.4 Å². The van der Waals surface area contributed by atoms with Gasteiger partial charge in [0.1, 0.15) is 0 Å². The Morgan fingerprint density at radius 1 is 0.778 bits per heavy atom. The van der Waals surface area contributed by atoms with Crippen molar-refractivity contribution in [1.82, 2.24) is 0 Å². The van der Waals surface area contributed by atoms with Crippen LogP contribution >= 0.6 is 31.5 Å². The molecule has 92 valence electrons. The van der Waals surface area contributed by atoms with Gasteiger partial charge in [0.2, 0.25) is 0 Å². The average molecular weight is 491 g/mol. The number of rotatable bonds is 2. The van der Waals surface area contributed by atoms with E-state index >= 15 is 0 Å². The quantitative estimate of drug-likeness (QED) is 0.559. The van der Waals surface area contributed by atoms with Crippen molar-refractivity contribution in [3.05, 3.63) is 57.6 Å². The van der Waals surface area contributed by atoms with E-state index in [4.69, 9.17) is 31.5 Å². The maximum absolute atomic E-state index is 6.79. The maximum atomic E-state index is 6.79. The molecule has 2 aromatic rings. The van der Waals surface area contributed by atoms with Crippen LogP contribution in [0.4, 0.5) is 0 Å². The molecule has 0 unspecified atom stereocenters. The molecular weight excluding hydrogens is 479 g/mol. The summed E-state index contributed by atoms with van der Waals surface area (Å²) in [5.74, 6) is 0. The summed E-state index contributed by atoms with van der Waals surface area (Å²) in [6.07, 6.45) is 0. The van der Waals surface area contributed by atoms with Crippen molar-refractivity contribution in [3.63, 3.8) is 0 Å². The van der Waals surface area contributed by atoms with Crippen molar-refractivity contribution in [1.29, 1.82) is 0 Å². The SMILES string of the molecule is Cc1ccc(Cl)c[c]1[Tl]([Cl])[c]1cc(Cl)ccc1C. The predicted molar refractivity (Wildman–Crippen MR) is 83.3 cm³/mol. The second-order valence-electron chi connectivity index (χ2n) is 4.36. The zero-order chi connectivity index (χ0) is 13.3. The van der Waals surface area contributed by atoms with E-state index < -0.39 is 21.5 Å². The van der Waals surface area contributed by atoms with Gasteiger partial charge in [0.15, 0.2) is 0 Å². The Labute approximate surface area is 129 Å². The first-order valence-electron chi connectivity index (χ1n) is 5.65. The fourth-order valence-corrected chi connectivity index (χ4v) is 14.9. The topological polar surface area (TPSA) is 0 Å². The van der Waals surface area contributed by atoms with Gasteiger partial charge in [-0.15, -0.1) is 0 Å². The monoisotopic (exact) mass is 490 g/mol. The minimum atomic E-state index is -2.66. The van der Waals surface area contributed by atoms with Crippen LogP contribution in [-0.4, -0.2) is 21.5 Å². The Balaban J connectivity index is 2.50. The summed E-state index contributed by atoms with van der Waals surface area (Å²) in [5, 5.41) is 1.50. The van der Waals surface area contributed by atoms with Gasteiger partial charge in [-0.2, -0.15) is 0 Å². The second-order valence-corrected chi connectivity index (χ2v) is 16.7. The van der Waals surface area contributed by atoms with Crippen LogP contribution in [0.25, 0.3) is 0 Å². The molecule has 0 fully saturated rings. The van der Waals surface area contributed by atoms with Gasteiger partial charge in [-0.3, -0.25) is 0 Å². The fourth-order valence-electron chi connectivity index (χ4n) is 1.94. The number of aryl methyl sites for hydroxylation is 2. The molecular formula is C14H12Cl3Tl. The van der Waals surface area contributed by atoms with Crippen molar-refractivity contribution in [2.45, 2.75) is 13.8 Å². The first kappa shape index (κ1) is 14.6. The summed E-state index contributed by atoms with van der Waals surface area (Å²) in [7, 11) is 6.79. The van der Waals surface area contributed by atoms with Crippen LogP contribution < -0.4 is 6.25 Å². The van der Waals surface area contributed by atoms with Crippen molar-refractivity contribution in [3.8, 4) is 0 Å². The molecule has 0 saturated heterocycles. The summed E-state index contributed by atoms with van der Waals surface area (Å²) >= 11 is 9.48.